The van der Waals surface area contributed by atoms with Crippen LogP contribution in [0.3, 0.4) is 0 Å². The maximum atomic E-state index is 3.77. The second-order valence-corrected chi connectivity index (χ2v) is 15.4. The molecule has 0 fully saturated rings. The molecule has 0 saturated carbocycles. The summed E-state index contributed by atoms with van der Waals surface area (Å²) in [4.78, 5) is 3.77. The van der Waals surface area contributed by atoms with E-state index in [9.17, 15) is 0 Å². The molecule has 1 heterocycles. The summed E-state index contributed by atoms with van der Waals surface area (Å²) < 4.78 is 2.65. The number of H-pyrrole nitrogens is 1. The van der Waals surface area contributed by atoms with Gasteiger partial charge in [0.25, 0.3) is 5.82 Å². The molecule has 0 radical (unpaired) electrons. The van der Waals surface area contributed by atoms with Crippen LogP contribution >= 0.6 is 0 Å². The number of rotatable bonds is 37. The molecular weight excluding hydrogens is 556 g/mol. The Kier molecular flexibility index (Phi) is 32.0. The number of aromatic nitrogens is 2. The van der Waals surface area contributed by atoms with E-state index in [2.05, 4.69) is 49.6 Å². The molecule has 2 atom stereocenters. The third-order valence-electron chi connectivity index (χ3n) is 10.9. The highest BCUT2D eigenvalue weighted by molar-refractivity contribution is 4.90. The van der Waals surface area contributed by atoms with Crippen molar-refractivity contribution in [2.45, 2.75) is 264 Å². The van der Waals surface area contributed by atoms with Crippen molar-refractivity contribution < 1.29 is 4.57 Å². The second-order valence-electron chi connectivity index (χ2n) is 15.4. The SMILES string of the molecule is CCCCCCCCCCCCCC(CCCCCCCCCCCC)c1[nH]cc[n+]1C(C)CCCCCCCCCCCCC. The van der Waals surface area contributed by atoms with Gasteiger partial charge >= 0.3 is 0 Å². The van der Waals surface area contributed by atoms with Gasteiger partial charge in [-0.3, -0.25) is 0 Å². The zero-order valence-electron chi connectivity index (χ0n) is 32.5. The average Bonchev–Trinajstić information content (AvgIpc) is 3.56. The number of imidazole rings is 1. The molecular formula is C44H87N2+. The first-order chi connectivity index (χ1) is 22.7. The molecule has 1 aromatic rings. The third kappa shape index (κ3) is 25.3. The van der Waals surface area contributed by atoms with Crippen molar-refractivity contribution in [2.24, 2.45) is 0 Å². The number of nitrogens with zero attached hydrogens (tertiary/aromatic N) is 1. The van der Waals surface area contributed by atoms with Crippen LogP contribution in [0.2, 0.25) is 0 Å². The molecule has 1 rings (SSSR count). The topological polar surface area (TPSA) is 19.7 Å². The molecule has 0 aliphatic carbocycles. The van der Waals surface area contributed by atoms with Crippen LogP contribution in [-0.2, 0) is 0 Å². The Labute approximate surface area is 291 Å². The first-order valence-corrected chi connectivity index (χ1v) is 21.8. The first-order valence-electron chi connectivity index (χ1n) is 21.8. The second kappa shape index (κ2) is 34.1. The fourth-order valence-corrected chi connectivity index (χ4v) is 7.66. The maximum absolute atomic E-state index is 3.77. The van der Waals surface area contributed by atoms with E-state index in [1.165, 1.54) is 225 Å². The molecule has 46 heavy (non-hydrogen) atoms. The monoisotopic (exact) mass is 644 g/mol. The highest BCUT2D eigenvalue weighted by atomic mass is 15.1. The number of aromatic amines is 1. The van der Waals surface area contributed by atoms with E-state index < -0.39 is 0 Å². The lowest BCUT2D eigenvalue weighted by atomic mass is 9.92. The van der Waals surface area contributed by atoms with Crippen LogP contribution in [-0.4, -0.2) is 4.98 Å². The minimum absolute atomic E-state index is 0.618. The molecule has 0 aliphatic heterocycles. The van der Waals surface area contributed by atoms with Crippen molar-refractivity contribution >= 4 is 0 Å². The Morgan fingerprint density at radius 3 is 1.02 bits per heavy atom. The zero-order valence-corrected chi connectivity index (χ0v) is 32.5. The fraction of sp³-hybridized carbons (Fsp3) is 0.932. The summed E-state index contributed by atoms with van der Waals surface area (Å²) in [6.07, 6.45) is 54.6. The predicted octanol–water partition coefficient (Wildman–Crippen LogP) is 15.7. The Morgan fingerprint density at radius 1 is 0.413 bits per heavy atom. The Hall–Kier alpha value is -0.790. The molecule has 1 N–H and O–H groups in total. The predicted molar refractivity (Wildman–Crippen MR) is 207 cm³/mol. The van der Waals surface area contributed by atoms with E-state index in [4.69, 9.17) is 0 Å². The summed E-state index contributed by atoms with van der Waals surface area (Å²) in [6.45, 7) is 9.43. The van der Waals surface area contributed by atoms with Crippen molar-refractivity contribution in [1.29, 1.82) is 0 Å². The van der Waals surface area contributed by atoms with Gasteiger partial charge in [-0.2, -0.15) is 0 Å². The summed E-state index contributed by atoms with van der Waals surface area (Å²) in [6, 6.07) is 0.618. The summed E-state index contributed by atoms with van der Waals surface area (Å²) in [5.74, 6) is 2.25. The van der Waals surface area contributed by atoms with Crippen LogP contribution < -0.4 is 4.57 Å². The van der Waals surface area contributed by atoms with Crippen molar-refractivity contribution in [3.8, 4) is 0 Å². The highest BCUT2D eigenvalue weighted by Gasteiger charge is 2.25. The Balaban J connectivity index is 2.41. The largest absolute Gasteiger partial charge is 0.257 e. The smallest absolute Gasteiger partial charge is 0.247 e. The number of nitrogens with one attached hydrogen (secondary N) is 1. The van der Waals surface area contributed by atoms with Gasteiger partial charge in [-0.05, 0) is 32.6 Å². The molecule has 0 aromatic carbocycles. The first kappa shape index (κ1) is 43.2. The van der Waals surface area contributed by atoms with Gasteiger partial charge in [0.15, 0.2) is 0 Å². The van der Waals surface area contributed by atoms with Crippen LogP contribution in [0.25, 0.3) is 0 Å². The molecule has 0 saturated heterocycles. The zero-order chi connectivity index (χ0) is 33.2. The van der Waals surface area contributed by atoms with Crippen molar-refractivity contribution in [2.75, 3.05) is 0 Å². The van der Waals surface area contributed by atoms with E-state index in [0.717, 1.165) is 0 Å². The normalized spacial score (nSPS) is 13.0. The van der Waals surface area contributed by atoms with Crippen LogP contribution in [0, 0.1) is 0 Å². The summed E-state index contributed by atoms with van der Waals surface area (Å²) >= 11 is 0. The Morgan fingerprint density at radius 2 is 0.696 bits per heavy atom. The number of unbranched alkanes of at least 4 members (excludes halogenated alkanes) is 29. The summed E-state index contributed by atoms with van der Waals surface area (Å²) in [5, 5.41) is 0. The van der Waals surface area contributed by atoms with Gasteiger partial charge in [-0.25, -0.2) is 9.55 Å². The standard InChI is InChI=1S/C44H86N2/c1-5-8-11-14-17-20-23-25-28-31-34-37-42(4)46-41-40-45-44(46)43(38-35-32-29-26-22-19-16-13-10-7-3)39-36-33-30-27-24-21-18-15-12-9-6-2/h40-43H,5-39H2,1-4H3/p+1. The van der Waals surface area contributed by atoms with E-state index >= 15 is 0 Å². The van der Waals surface area contributed by atoms with Gasteiger partial charge in [0.2, 0.25) is 0 Å². The number of hydrogen-bond donors (Lipinski definition) is 1. The van der Waals surface area contributed by atoms with Gasteiger partial charge in [-0.15, -0.1) is 0 Å². The minimum atomic E-state index is 0.618. The van der Waals surface area contributed by atoms with Gasteiger partial charge in [-0.1, -0.05) is 220 Å². The minimum Gasteiger partial charge on any atom is -0.247 e. The molecule has 0 spiro atoms. The van der Waals surface area contributed by atoms with Gasteiger partial charge in [0, 0.05) is 0 Å². The molecule has 2 nitrogen and oxygen atoms in total. The maximum Gasteiger partial charge on any atom is 0.257 e. The summed E-state index contributed by atoms with van der Waals surface area (Å²) in [7, 11) is 0. The fourth-order valence-electron chi connectivity index (χ4n) is 7.66. The quantitative estimate of drug-likeness (QED) is 0.0550. The van der Waals surface area contributed by atoms with Crippen LogP contribution in [0.1, 0.15) is 270 Å². The van der Waals surface area contributed by atoms with Crippen molar-refractivity contribution in [3.05, 3.63) is 18.2 Å². The molecule has 2 unspecified atom stereocenters. The lowest BCUT2D eigenvalue weighted by molar-refractivity contribution is -0.727. The van der Waals surface area contributed by atoms with E-state index in [1.807, 2.05) is 0 Å². The molecule has 272 valence electrons. The van der Waals surface area contributed by atoms with Crippen LogP contribution in [0.4, 0.5) is 0 Å². The van der Waals surface area contributed by atoms with Crippen molar-refractivity contribution in [3.63, 3.8) is 0 Å². The molecule has 0 amide bonds. The van der Waals surface area contributed by atoms with E-state index in [-0.39, 0.29) is 0 Å². The van der Waals surface area contributed by atoms with Crippen LogP contribution in [0.15, 0.2) is 12.4 Å². The summed E-state index contributed by atoms with van der Waals surface area (Å²) in [5.41, 5.74) is 0. The van der Waals surface area contributed by atoms with E-state index in [0.29, 0.717) is 12.0 Å². The highest BCUT2D eigenvalue weighted by Crippen LogP contribution is 2.27. The Bertz CT molecular complexity index is 709. The van der Waals surface area contributed by atoms with Gasteiger partial charge < -0.3 is 0 Å². The molecule has 2 heteroatoms. The lowest BCUT2D eigenvalue weighted by Crippen LogP contribution is -2.41. The van der Waals surface area contributed by atoms with Gasteiger partial charge in [0.05, 0.1) is 12.0 Å². The third-order valence-corrected chi connectivity index (χ3v) is 10.9. The average molecular weight is 644 g/mol. The lowest BCUT2D eigenvalue weighted by Gasteiger charge is -2.17. The molecule has 0 aliphatic rings. The van der Waals surface area contributed by atoms with Crippen molar-refractivity contribution in [1.82, 2.24) is 4.98 Å². The number of hydrogen-bond acceptors (Lipinski definition) is 0. The molecule has 1 aromatic heterocycles. The van der Waals surface area contributed by atoms with Gasteiger partial charge in [0.1, 0.15) is 12.4 Å². The van der Waals surface area contributed by atoms with Crippen LogP contribution in [0.5, 0.6) is 0 Å². The molecule has 0 bridgehead atoms. The van der Waals surface area contributed by atoms with E-state index in [1.54, 1.807) is 5.82 Å².